The Morgan fingerprint density at radius 3 is 2.73 bits per heavy atom. The molecule has 1 saturated heterocycles. The Morgan fingerprint density at radius 1 is 1.32 bits per heavy atom. The maximum Gasteiger partial charge on any atom is 0.264 e. The van der Waals surface area contributed by atoms with Gasteiger partial charge in [-0.05, 0) is 17.6 Å². The fourth-order valence-electron chi connectivity index (χ4n) is 2.39. The zero-order valence-electron chi connectivity index (χ0n) is 11.9. The van der Waals surface area contributed by atoms with Gasteiger partial charge < -0.3 is 10.1 Å². The number of aromatic nitrogens is 1. The minimum Gasteiger partial charge on any atom is -0.381 e. The number of ether oxygens (including phenoxy) is 1. The van der Waals surface area contributed by atoms with Crippen LogP contribution in [0.2, 0.25) is 0 Å². The van der Waals surface area contributed by atoms with Gasteiger partial charge in [-0.1, -0.05) is 30.3 Å². The third-order valence-electron chi connectivity index (χ3n) is 3.72. The first kappa shape index (κ1) is 14.7. The summed E-state index contributed by atoms with van der Waals surface area (Å²) in [5.74, 6) is -0.247. The zero-order chi connectivity index (χ0) is 15.4. The Hall–Kier alpha value is -2.23. The summed E-state index contributed by atoms with van der Waals surface area (Å²) in [7, 11) is 0. The van der Waals surface area contributed by atoms with Crippen LogP contribution in [0.15, 0.2) is 36.4 Å². The predicted molar refractivity (Wildman–Crippen MR) is 83.4 cm³/mol. The number of nitrogens with one attached hydrogen (secondary N) is 1. The molecule has 6 heteroatoms. The van der Waals surface area contributed by atoms with Crippen molar-refractivity contribution in [3.05, 3.63) is 41.3 Å². The number of nitriles is 1. The Morgan fingerprint density at radius 2 is 2.05 bits per heavy atom. The van der Waals surface area contributed by atoms with Crippen LogP contribution in [-0.4, -0.2) is 29.0 Å². The molecule has 1 fully saturated rings. The highest BCUT2D eigenvalue weighted by molar-refractivity contribution is 7.08. The third kappa shape index (κ3) is 3.01. The fourth-order valence-corrected chi connectivity index (χ4v) is 3.04. The zero-order valence-corrected chi connectivity index (χ0v) is 12.7. The average Bonchev–Trinajstić information content (AvgIpc) is 3.07. The lowest BCUT2D eigenvalue weighted by molar-refractivity contribution is 0.0533. The van der Waals surface area contributed by atoms with Crippen LogP contribution in [0, 0.1) is 11.3 Å². The molecule has 1 N–H and O–H groups in total. The Balaban J connectivity index is 1.76. The molecule has 0 spiro atoms. The van der Waals surface area contributed by atoms with Crippen LogP contribution < -0.4 is 5.32 Å². The summed E-state index contributed by atoms with van der Waals surface area (Å²) in [4.78, 5) is 12.9. The number of benzene rings is 1. The lowest BCUT2D eigenvalue weighted by Crippen LogP contribution is -2.50. The van der Waals surface area contributed by atoms with E-state index in [-0.39, 0.29) is 5.91 Å². The summed E-state index contributed by atoms with van der Waals surface area (Å²) in [6.07, 6.45) is 1.03. The van der Waals surface area contributed by atoms with Crippen molar-refractivity contribution < 1.29 is 9.53 Å². The first-order chi connectivity index (χ1) is 10.7. The average molecular weight is 313 g/mol. The second kappa shape index (κ2) is 6.26. The molecule has 22 heavy (non-hydrogen) atoms. The van der Waals surface area contributed by atoms with Crippen LogP contribution in [0.3, 0.4) is 0 Å². The van der Waals surface area contributed by atoms with Crippen LogP contribution in [0.25, 0.3) is 11.3 Å². The van der Waals surface area contributed by atoms with E-state index in [1.54, 1.807) is 6.07 Å². The highest BCUT2D eigenvalue weighted by Crippen LogP contribution is 2.24. The second-order valence-electron chi connectivity index (χ2n) is 5.20. The number of hydrogen-bond donors (Lipinski definition) is 1. The van der Waals surface area contributed by atoms with Gasteiger partial charge in [-0.15, -0.1) is 0 Å². The lowest BCUT2D eigenvalue weighted by Gasteiger charge is -2.31. The highest BCUT2D eigenvalue weighted by Gasteiger charge is 2.34. The van der Waals surface area contributed by atoms with E-state index in [2.05, 4.69) is 15.8 Å². The SMILES string of the molecule is N#CC1(NC(=O)c2cc(-c3ccccc3)ns2)CCOCC1. The van der Waals surface area contributed by atoms with Gasteiger partial charge in [0.2, 0.25) is 0 Å². The van der Waals surface area contributed by atoms with Crippen LogP contribution in [0.4, 0.5) is 0 Å². The molecule has 2 aromatic rings. The van der Waals surface area contributed by atoms with Crippen LogP contribution in [0.1, 0.15) is 22.5 Å². The summed E-state index contributed by atoms with van der Waals surface area (Å²) in [6.45, 7) is 0.984. The van der Waals surface area contributed by atoms with Gasteiger partial charge in [0.05, 0.1) is 11.8 Å². The maximum absolute atomic E-state index is 12.4. The molecule has 112 valence electrons. The molecule has 0 unspecified atom stereocenters. The van der Waals surface area contributed by atoms with Gasteiger partial charge in [-0.2, -0.15) is 9.64 Å². The van der Waals surface area contributed by atoms with Crippen LogP contribution >= 0.6 is 11.5 Å². The van der Waals surface area contributed by atoms with Crippen LogP contribution in [0.5, 0.6) is 0 Å². The Kier molecular flexibility index (Phi) is 4.18. The summed E-state index contributed by atoms with van der Waals surface area (Å²) >= 11 is 1.15. The van der Waals surface area contributed by atoms with Gasteiger partial charge in [-0.3, -0.25) is 4.79 Å². The first-order valence-corrected chi connectivity index (χ1v) is 7.83. The molecule has 2 heterocycles. The number of carbonyl (C=O) groups is 1. The molecule has 1 aliphatic heterocycles. The van der Waals surface area contributed by atoms with Gasteiger partial charge in [0.15, 0.2) is 0 Å². The van der Waals surface area contributed by atoms with E-state index >= 15 is 0 Å². The molecule has 0 saturated carbocycles. The second-order valence-corrected chi connectivity index (χ2v) is 6.01. The molecule has 1 aliphatic rings. The summed E-state index contributed by atoms with van der Waals surface area (Å²) < 4.78 is 9.59. The summed E-state index contributed by atoms with van der Waals surface area (Å²) in [6, 6.07) is 13.7. The number of rotatable bonds is 3. The molecular weight excluding hydrogens is 298 g/mol. The monoisotopic (exact) mass is 313 g/mol. The molecule has 0 bridgehead atoms. The van der Waals surface area contributed by atoms with Gasteiger partial charge in [-0.25, -0.2) is 0 Å². The van der Waals surface area contributed by atoms with Gasteiger partial charge >= 0.3 is 0 Å². The summed E-state index contributed by atoms with van der Waals surface area (Å²) in [5.41, 5.74) is 0.916. The van der Waals surface area contributed by atoms with E-state index in [1.165, 1.54) is 0 Å². The summed E-state index contributed by atoms with van der Waals surface area (Å²) in [5, 5.41) is 12.2. The fraction of sp³-hybridized carbons (Fsp3) is 0.312. The van der Waals surface area contributed by atoms with E-state index < -0.39 is 5.54 Å². The van der Waals surface area contributed by atoms with Crippen molar-refractivity contribution in [2.45, 2.75) is 18.4 Å². The molecule has 5 nitrogen and oxygen atoms in total. The van der Waals surface area contributed by atoms with Crippen molar-refractivity contribution >= 4 is 17.4 Å². The van der Waals surface area contributed by atoms with E-state index in [1.807, 2.05) is 30.3 Å². The van der Waals surface area contributed by atoms with Crippen molar-refractivity contribution in [3.8, 4) is 17.3 Å². The Labute approximate surface area is 132 Å². The van der Waals surface area contributed by atoms with Crippen molar-refractivity contribution in [2.75, 3.05) is 13.2 Å². The number of amides is 1. The molecule has 1 amide bonds. The van der Waals surface area contributed by atoms with Gasteiger partial charge in [0.25, 0.3) is 5.91 Å². The molecular formula is C16H15N3O2S. The highest BCUT2D eigenvalue weighted by atomic mass is 32.1. The standard InChI is InChI=1S/C16H15N3O2S/c17-11-16(6-8-21-9-7-16)18-15(20)14-10-13(19-22-14)12-4-2-1-3-5-12/h1-5,10H,6-9H2,(H,18,20). The normalized spacial score (nSPS) is 16.7. The van der Waals surface area contributed by atoms with E-state index in [4.69, 9.17) is 4.74 Å². The smallest absolute Gasteiger partial charge is 0.264 e. The van der Waals surface area contributed by atoms with Gasteiger partial charge in [0.1, 0.15) is 10.4 Å². The number of hydrogen-bond acceptors (Lipinski definition) is 5. The van der Waals surface area contributed by atoms with E-state index in [9.17, 15) is 10.1 Å². The topological polar surface area (TPSA) is 75.0 Å². The number of nitrogens with zero attached hydrogens (tertiary/aromatic N) is 2. The minimum absolute atomic E-state index is 0.247. The van der Waals surface area contributed by atoms with Gasteiger partial charge in [0, 0.05) is 31.6 Å². The minimum atomic E-state index is -0.827. The van der Waals surface area contributed by atoms with Crippen molar-refractivity contribution in [2.24, 2.45) is 0 Å². The lowest BCUT2D eigenvalue weighted by atomic mass is 9.91. The molecule has 3 rings (SSSR count). The molecule has 1 aromatic carbocycles. The van der Waals surface area contributed by atoms with E-state index in [0.29, 0.717) is 30.9 Å². The van der Waals surface area contributed by atoms with Crippen molar-refractivity contribution in [1.29, 1.82) is 5.26 Å². The Bertz CT molecular complexity index is 700. The third-order valence-corrected chi connectivity index (χ3v) is 4.50. The molecule has 1 aromatic heterocycles. The molecule has 0 atom stereocenters. The quantitative estimate of drug-likeness (QED) is 0.945. The first-order valence-electron chi connectivity index (χ1n) is 7.06. The number of carbonyl (C=O) groups excluding carboxylic acids is 1. The molecule has 0 radical (unpaired) electrons. The molecule has 0 aliphatic carbocycles. The predicted octanol–water partition coefficient (Wildman–Crippen LogP) is 2.61. The van der Waals surface area contributed by atoms with Crippen molar-refractivity contribution in [3.63, 3.8) is 0 Å². The maximum atomic E-state index is 12.4. The van der Waals surface area contributed by atoms with Crippen LogP contribution in [-0.2, 0) is 4.74 Å². The van der Waals surface area contributed by atoms with Crippen molar-refractivity contribution in [1.82, 2.24) is 9.69 Å². The largest absolute Gasteiger partial charge is 0.381 e. The van der Waals surface area contributed by atoms with E-state index in [0.717, 1.165) is 22.8 Å².